The summed E-state index contributed by atoms with van der Waals surface area (Å²) in [4.78, 5) is 11.9. The Morgan fingerprint density at radius 3 is 2.37 bits per heavy atom. The standard InChI is InChI=1S/C12H12F3NO3/c1-11(16,12(13,14)15)10(17)7-2-3-8-9(6-7)19-5-4-18-8/h2-3,6H,4-5,16H2,1H3. The minimum absolute atomic E-state index is 0.161. The van der Waals surface area contributed by atoms with Crippen molar-refractivity contribution < 1.29 is 27.4 Å². The van der Waals surface area contributed by atoms with E-state index < -0.39 is 17.5 Å². The molecule has 7 heteroatoms. The number of ether oxygens (including phenoxy) is 2. The summed E-state index contributed by atoms with van der Waals surface area (Å²) < 4.78 is 48.6. The lowest BCUT2D eigenvalue weighted by atomic mass is 9.91. The summed E-state index contributed by atoms with van der Waals surface area (Å²) in [6.45, 7) is 1.29. The van der Waals surface area contributed by atoms with Crippen molar-refractivity contribution in [2.24, 2.45) is 5.73 Å². The number of halogens is 3. The quantitative estimate of drug-likeness (QED) is 0.838. The van der Waals surface area contributed by atoms with E-state index >= 15 is 0 Å². The molecule has 1 atom stereocenters. The molecule has 19 heavy (non-hydrogen) atoms. The zero-order valence-electron chi connectivity index (χ0n) is 10.1. The fourth-order valence-corrected chi connectivity index (χ4v) is 1.61. The second-order valence-electron chi connectivity index (χ2n) is 4.39. The number of benzene rings is 1. The summed E-state index contributed by atoms with van der Waals surface area (Å²) >= 11 is 0. The number of rotatable bonds is 2. The number of nitrogens with two attached hydrogens (primary N) is 1. The van der Waals surface area contributed by atoms with Crippen LogP contribution in [0, 0.1) is 0 Å². The van der Waals surface area contributed by atoms with Gasteiger partial charge in [0.15, 0.2) is 22.8 Å². The predicted octanol–water partition coefficient (Wildman–Crippen LogP) is 1.92. The maximum absolute atomic E-state index is 12.7. The number of carbonyl (C=O) groups excluding carboxylic acids is 1. The molecule has 2 rings (SSSR count). The van der Waals surface area contributed by atoms with Gasteiger partial charge in [0, 0.05) is 5.56 Å². The van der Waals surface area contributed by atoms with Crippen molar-refractivity contribution in [3.05, 3.63) is 23.8 Å². The van der Waals surface area contributed by atoms with Gasteiger partial charge in [0.2, 0.25) is 0 Å². The normalized spacial score (nSPS) is 17.7. The lowest BCUT2D eigenvalue weighted by Gasteiger charge is -2.26. The van der Waals surface area contributed by atoms with Crippen molar-refractivity contribution >= 4 is 5.78 Å². The third-order valence-corrected chi connectivity index (χ3v) is 2.86. The van der Waals surface area contributed by atoms with E-state index in [1.807, 2.05) is 0 Å². The Hall–Kier alpha value is -1.76. The Bertz CT molecular complexity index is 511. The van der Waals surface area contributed by atoms with Crippen LogP contribution >= 0.6 is 0 Å². The van der Waals surface area contributed by atoms with Crippen LogP contribution in [0.5, 0.6) is 11.5 Å². The van der Waals surface area contributed by atoms with E-state index in [0.29, 0.717) is 19.3 Å². The molecule has 0 bridgehead atoms. The fraction of sp³-hybridized carbons (Fsp3) is 0.417. The Kier molecular flexibility index (Phi) is 3.17. The molecule has 0 radical (unpaired) electrons. The SMILES string of the molecule is CC(N)(C(=O)c1ccc2c(c1)OCCO2)C(F)(F)F. The van der Waals surface area contributed by atoms with Crippen molar-refractivity contribution in [2.45, 2.75) is 18.6 Å². The van der Waals surface area contributed by atoms with Gasteiger partial charge in [-0.25, -0.2) is 0 Å². The number of hydrogen-bond donors (Lipinski definition) is 1. The average molecular weight is 275 g/mol. The van der Waals surface area contributed by atoms with Crippen LogP contribution < -0.4 is 15.2 Å². The van der Waals surface area contributed by atoms with Crippen LogP contribution in [0.3, 0.4) is 0 Å². The van der Waals surface area contributed by atoms with Gasteiger partial charge in [-0.05, 0) is 25.1 Å². The minimum atomic E-state index is -4.82. The summed E-state index contributed by atoms with van der Waals surface area (Å²) in [7, 11) is 0. The molecule has 2 N–H and O–H groups in total. The van der Waals surface area contributed by atoms with Crippen LogP contribution in [-0.4, -0.2) is 30.7 Å². The van der Waals surface area contributed by atoms with Crippen LogP contribution in [0.25, 0.3) is 0 Å². The maximum atomic E-state index is 12.7. The third kappa shape index (κ3) is 2.37. The molecule has 0 aliphatic carbocycles. The minimum Gasteiger partial charge on any atom is -0.486 e. The number of fused-ring (bicyclic) bond motifs is 1. The smallest absolute Gasteiger partial charge is 0.413 e. The topological polar surface area (TPSA) is 61.6 Å². The molecule has 0 amide bonds. The highest BCUT2D eigenvalue weighted by Crippen LogP contribution is 2.35. The molecular formula is C12H12F3NO3. The second-order valence-corrected chi connectivity index (χ2v) is 4.39. The molecule has 1 aliphatic heterocycles. The van der Waals surface area contributed by atoms with E-state index in [0.717, 1.165) is 0 Å². The van der Waals surface area contributed by atoms with Crippen LogP contribution in [0.2, 0.25) is 0 Å². The van der Waals surface area contributed by atoms with Gasteiger partial charge in [-0.3, -0.25) is 4.79 Å². The van der Waals surface area contributed by atoms with E-state index in [2.05, 4.69) is 0 Å². The summed E-state index contributed by atoms with van der Waals surface area (Å²) in [6.07, 6.45) is -4.82. The molecule has 4 nitrogen and oxygen atoms in total. The Morgan fingerprint density at radius 1 is 1.21 bits per heavy atom. The first-order valence-corrected chi connectivity index (χ1v) is 5.53. The van der Waals surface area contributed by atoms with Crippen LogP contribution in [-0.2, 0) is 0 Å². The van der Waals surface area contributed by atoms with Gasteiger partial charge in [-0.15, -0.1) is 0 Å². The van der Waals surface area contributed by atoms with Crippen LogP contribution in [0.4, 0.5) is 13.2 Å². The largest absolute Gasteiger partial charge is 0.486 e. The van der Waals surface area contributed by atoms with E-state index in [1.165, 1.54) is 18.2 Å². The van der Waals surface area contributed by atoms with Crippen molar-refractivity contribution in [3.63, 3.8) is 0 Å². The molecule has 0 saturated heterocycles. The van der Waals surface area contributed by atoms with E-state index in [9.17, 15) is 18.0 Å². The van der Waals surface area contributed by atoms with Crippen molar-refractivity contribution in [3.8, 4) is 11.5 Å². The van der Waals surface area contributed by atoms with E-state index in [-0.39, 0.29) is 17.9 Å². The van der Waals surface area contributed by atoms with Gasteiger partial charge in [0.25, 0.3) is 0 Å². The second kappa shape index (κ2) is 4.41. The summed E-state index contributed by atoms with van der Waals surface area (Å²) in [5, 5.41) is 0. The lowest BCUT2D eigenvalue weighted by molar-refractivity contribution is -0.165. The van der Waals surface area contributed by atoms with Gasteiger partial charge < -0.3 is 15.2 Å². The number of carbonyl (C=O) groups is 1. The highest BCUT2D eigenvalue weighted by molar-refractivity contribution is 6.03. The molecule has 1 heterocycles. The summed E-state index contributed by atoms with van der Waals surface area (Å²) in [6, 6.07) is 3.86. The molecular weight excluding hydrogens is 263 g/mol. The highest BCUT2D eigenvalue weighted by atomic mass is 19.4. The zero-order chi connectivity index (χ0) is 14.3. The monoisotopic (exact) mass is 275 g/mol. The number of hydrogen-bond acceptors (Lipinski definition) is 4. The summed E-state index contributed by atoms with van der Waals surface area (Å²) in [5.41, 5.74) is 2.00. The number of Topliss-reactive ketones (excluding diaryl/α,β-unsaturated/α-hetero) is 1. The fourth-order valence-electron chi connectivity index (χ4n) is 1.61. The molecule has 0 saturated carbocycles. The third-order valence-electron chi connectivity index (χ3n) is 2.86. The number of alkyl halides is 3. The zero-order valence-corrected chi connectivity index (χ0v) is 10.1. The Morgan fingerprint density at radius 2 is 1.79 bits per heavy atom. The molecule has 1 aromatic carbocycles. The maximum Gasteiger partial charge on any atom is 0.413 e. The average Bonchev–Trinajstić information content (AvgIpc) is 2.36. The van der Waals surface area contributed by atoms with Crippen LogP contribution in [0.15, 0.2) is 18.2 Å². The van der Waals surface area contributed by atoms with Gasteiger partial charge in [-0.1, -0.05) is 0 Å². The van der Waals surface area contributed by atoms with Gasteiger partial charge in [-0.2, -0.15) is 13.2 Å². The molecule has 104 valence electrons. The van der Waals surface area contributed by atoms with Gasteiger partial charge in [0.1, 0.15) is 13.2 Å². The van der Waals surface area contributed by atoms with E-state index in [1.54, 1.807) is 0 Å². The van der Waals surface area contributed by atoms with Crippen molar-refractivity contribution in [1.29, 1.82) is 0 Å². The van der Waals surface area contributed by atoms with Gasteiger partial charge in [0.05, 0.1) is 0 Å². The molecule has 1 aromatic rings. The molecule has 0 aromatic heterocycles. The molecule has 0 fully saturated rings. The summed E-state index contributed by atoms with van der Waals surface area (Å²) in [5.74, 6) is -0.569. The molecule has 0 spiro atoms. The van der Waals surface area contributed by atoms with E-state index in [4.69, 9.17) is 15.2 Å². The first-order chi connectivity index (χ1) is 8.73. The number of ketones is 1. The Balaban J connectivity index is 2.35. The lowest BCUT2D eigenvalue weighted by Crippen LogP contribution is -2.57. The first kappa shape index (κ1) is 13.7. The highest BCUT2D eigenvalue weighted by Gasteiger charge is 2.53. The Labute approximate surface area is 107 Å². The van der Waals surface area contributed by atoms with Gasteiger partial charge >= 0.3 is 6.18 Å². The molecule has 1 aliphatic rings. The molecule has 1 unspecified atom stereocenters. The van der Waals surface area contributed by atoms with Crippen molar-refractivity contribution in [1.82, 2.24) is 0 Å². The predicted molar refractivity (Wildman–Crippen MR) is 60.4 cm³/mol. The van der Waals surface area contributed by atoms with Crippen LogP contribution in [0.1, 0.15) is 17.3 Å². The van der Waals surface area contributed by atoms with Crippen molar-refractivity contribution in [2.75, 3.05) is 13.2 Å². The first-order valence-electron chi connectivity index (χ1n) is 5.53.